The maximum atomic E-state index is 13.1. The highest BCUT2D eigenvalue weighted by molar-refractivity contribution is 8.18. The first-order valence-corrected chi connectivity index (χ1v) is 12.8. The van der Waals surface area contributed by atoms with E-state index in [-0.39, 0.29) is 18.2 Å². The molecule has 0 unspecified atom stereocenters. The molecule has 7 nitrogen and oxygen atoms in total. The number of imide groups is 1. The summed E-state index contributed by atoms with van der Waals surface area (Å²) in [6.07, 6.45) is 1.60. The summed E-state index contributed by atoms with van der Waals surface area (Å²) in [5, 5.41) is 0.301. The topological polar surface area (TPSA) is 74.3 Å². The largest absolute Gasteiger partial charge is 0.493 e. The Morgan fingerprint density at radius 2 is 1.76 bits per heavy atom. The van der Waals surface area contributed by atoms with Crippen LogP contribution in [0.4, 0.5) is 4.79 Å². The van der Waals surface area contributed by atoms with Crippen LogP contribution in [0.25, 0.3) is 6.08 Å². The Kier molecular flexibility index (Phi) is 7.24. The molecule has 0 aliphatic carbocycles. The van der Waals surface area contributed by atoms with Crippen molar-refractivity contribution in [3.8, 4) is 23.0 Å². The molecule has 5 rings (SSSR count). The van der Waals surface area contributed by atoms with Crippen molar-refractivity contribution in [3.63, 3.8) is 0 Å². The van der Waals surface area contributed by atoms with Gasteiger partial charge in [-0.05, 0) is 59.7 Å². The first-order chi connectivity index (χ1) is 17.8. The number of nitrogens with zero attached hydrogens (tertiary/aromatic N) is 1. The molecule has 0 radical (unpaired) electrons. The number of carbonyl (C=O) groups is 2. The van der Waals surface area contributed by atoms with Gasteiger partial charge in [0.05, 0.1) is 23.6 Å². The van der Waals surface area contributed by atoms with Crippen LogP contribution in [-0.4, -0.2) is 29.9 Å². The summed E-state index contributed by atoms with van der Waals surface area (Å²) in [6.45, 7) is 2.44. The number of halogens is 2. The molecule has 2 aliphatic heterocycles. The van der Waals surface area contributed by atoms with E-state index < -0.39 is 11.1 Å². The van der Waals surface area contributed by atoms with E-state index in [1.807, 2.05) is 31.2 Å². The molecule has 0 atom stereocenters. The molecule has 10 heteroatoms. The highest BCUT2D eigenvalue weighted by Crippen LogP contribution is 2.41. The van der Waals surface area contributed by atoms with Crippen molar-refractivity contribution in [2.24, 2.45) is 0 Å². The van der Waals surface area contributed by atoms with E-state index in [9.17, 15) is 9.59 Å². The van der Waals surface area contributed by atoms with Gasteiger partial charge in [0.2, 0.25) is 6.79 Å². The fourth-order valence-corrected chi connectivity index (χ4v) is 5.17. The van der Waals surface area contributed by atoms with Crippen molar-refractivity contribution in [1.29, 1.82) is 0 Å². The number of ether oxygens (including phenoxy) is 4. The van der Waals surface area contributed by atoms with Crippen LogP contribution in [0.1, 0.15) is 22.3 Å². The number of aryl methyl sites for hydroxylation is 1. The first kappa shape index (κ1) is 25.3. The van der Waals surface area contributed by atoms with Crippen LogP contribution in [0.5, 0.6) is 23.0 Å². The van der Waals surface area contributed by atoms with Gasteiger partial charge in [-0.1, -0.05) is 53.0 Å². The lowest BCUT2D eigenvalue weighted by Gasteiger charge is -2.14. The van der Waals surface area contributed by atoms with Gasteiger partial charge in [-0.2, -0.15) is 0 Å². The second-order valence-corrected chi connectivity index (χ2v) is 10.2. The van der Waals surface area contributed by atoms with Crippen molar-refractivity contribution in [2.75, 3.05) is 13.9 Å². The Balaban J connectivity index is 1.34. The number of hydrogen-bond donors (Lipinski definition) is 0. The van der Waals surface area contributed by atoms with E-state index in [0.29, 0.717) is 50.8 Å². The van der Waals surface area contributed by atoms with Crippen molar-refractivity contribution in [2.45, 2.75) is 20.1 Å². The van der Waals surface area contributed by atoms with Gasteiger partial charge in [0.25, 0.3) is 11.1 Å². The summed E-state index contributed by atoms with van der Waals surface area (Å²) in [5.41, 5.74) is 3.32. The van der Waals surface area contributed by atoms with Crippen LogP contribution in [-0.2, 0) is 17.9 Å². The molecule has 2 amide bonds. The lowest BCUT2D eigenvalue weighted by atomic mass is 10.1. The molecule has 0 N–H and O–H groups in total. The molecule has 0 saturated carbocycles. The van der Waals surface area contributed by atoms with E-state index in [1.54, 1.807) is 30.3 Å². The Hall–Kier alpha value is -3.33. The monoisotopic (exact) mass is 557 g/mol. The van der Waals surface area contributed by atoms with Gasteiger partial charge >= 0.3 is 0 Å². The number of amides is 2. The zero-order valence-electron chi connectivity index (χ0n) is 19.9. The Morgan fingerprint density at radius 1 is 1.03 bits per heavy atom. The predicted molar refractivity (Wildman–Crippen MR) is 143 cm³/mol. The van der Waals surface area contributed by atoms with Gasteiger partial charge in [0.1, 0.15) is 6.61 Å². The number of hydrogen-bond acceptors (Lipinski definition) is 7. The predicted octanol–water partition coefficient (Wildman–Crippen LogP) is 6.85. The number of fused-ring (bicyclic) bond motifs is 1. The number of rotatable bonds is 7. The van der Waals surface area contributed by atoms with Gasteiger partial charge in [-0.3, -0.25) is 14.5 Å². The lowest BCUT2D eigenvalue weighted by Crippen LogP contribution is -2.27. The molecule has 1 fully saturated rings. The highest BCUT2D eigenvalue weighted by Gasteiger charge is 2.36. The molecular formula is C27H21Cl2NO6S. The molecule has 1 saturated heterocycles. The van der Waals surface area contributed by atoms with Crippen molar-refractivity contribution < 1.29 is 28.5 Å². The summed E-state index contributed by atoms with van der Waals surface area (Å²) >= 11 is 13.7. The molecule has 190 valence electrons. The van der Waals surface area contributed by atoms with Crippen LogP contribution >= 0.6 is 35.0 Å². The van der Waals surface area contributed by atoms with E-state index in [2.05, 4.69) is 0 Å². The highest BCUT2D eigenvalue weighted by atomic mass is 35.5. The summed E-state index contributed by atoms with van der Waals surface area (Å²) in [4.78, 5) is 27.2. The molecular weight excluding hydrogens is 537 g/mol. The lowest BCUT2D eigenvalue weighted by molar-refractivity contribution is -0.123. The SMILES string of the molecule is COc1cc(/C=C2\SC(=O)N(Cc3cc4c(cc3Cl)OCO4)C2=O)cc(Cl)c1OCc1ccc(C)cc1. The minimum Gasteiger partial charge on any atom is -0.493 e. The standard InChI is InChI=1S/C27H21Cl2NO6S/c1-15-3-5-16(6-4-15)13-34-25-20(29)7-17(8-23(25)33-2)9-24-26(31)30(27(32)37-24)12-18-10-21-22(11-19(18)28)36-14-35-21/h3-11H,12-14H2,1-2H3/b24-9-. The zero-order valence-corrected chi connectivity index (χ0v) is 22.2. The van der Waals surface area contributed by atoms with Gasteiger partial charge in [-0.25, -0.2) is 0 Å². The summed E-state index contributed by atoms with van der Waals surface area (Å²) in [5.74, 6) is 1.43. The molecule has 0 aromatic heterocycles. The minimum absolute atomic E-state index is 0.00729. The van der Waals surface area contributed by atoms with E-state index in [4.69, 9.17) is 42.1 Å². The molecule has 3 aromatic carbocycles. The van der Waals surface area contributed by atoms with Crippen molar-refractivity contribution in [1.82, 2.24) is 4.90 Å². The fourth-order valence-electron chi connectivity index (χ4n) is 3.84. The summed E-state index contributed by atoms with van der Waals surface area (Å²) < 4.78 is 22.1. The third-order valence-electron chi connectivity index (χ3n) is 5.80. The van der Waals surface area contributed by atoms with E-state index in [1.165, 1.54) is 7.11 Å². The maximum absolute atomic E-state index is 13.1. The molecule has 3 aromatic rings. The fraction of sp³-hybridized carbons (Fsp3) is 0.185. The van der Waals surface area contributed by atoms with Crippen molar-refractivity contribution >= 4 is 52.2 Å². The second-order valence-electron chi connectivity index (χ2n) is 8.37. The average Bonchev–Trinajstić information content (AvgIpc) is 3.43. The normalized spacial score (nSPS) is 15.6. The number of benzene rings is 3. The average molecular weight is 558 g/mol. The molecule has 37 heavy (non-hydrogen) atoms. The summed E-state index contributed by atoms with van der Waals surface area (Å²) in [7, 11) is 1.51. The molecule has 2 aliphatic rings. The molecule has 0 spiro atoms. The Labute approximate surface area is 227 Å². The van der Waals surface area contributed by atoms with Gasteiger partial charge in [-0.15, -0.1) is 0 Å². The van der Waals surface area contributed by atoms with Crippen molar-refractivity contribution in [3.05, 3.63) is 85.7 Å². The van der Waals surface area contributed by atoms with E-state index in [0.717, 1.165) is 27.8 Å². The van der Waals surface area contributed by atoms with Gasteiger partial charge in [0, 0.05) is 11.1 Å². The summed E-state index contributed by atoms with van der Waals surface area (Å²) in [6, 6.07) is 14.6. The molecule has 0 bridgehead atoms. The number of carbonyl (C=O) groups excluding carboxylic acids is 2. The van der Waals surface area contributed by atoms with E-state index >= 15 is 0 Å². The van der Waals surface area contributed by atoms with Gasteiger partial charge in [0.15, 0.2) is 23.0 Å². The Bertz CT molecular complexity index is 1420. The first-order valence-electron chi connectivity index (χ1n) is 11.2. The maximum Gasteiger partial charge on any atom is 0.293 e. The zero-order chi connectivity index (χ0) is 26.1. The number of methoxy groups -OCH3 is 1. The Morgan fingerprint density at radius 3 is 2.49 bits per heavy atom. The third kappa shape index (κ3) is 5.37. The quantitative estimate of drug-likeness (QED) is 0.294. The minimum atomic E-state index is -0.432. The smallest absolute Gasteiger partial charge is 0.293 e. The van der Waals surface area contributed by atoms with Crippen LogP contribution in [0, 0.1) is 6.92 Å². The second kappa shape index (κ2) is 10.6. The van der Waals surface area contributed by atoms with Crippen LogP contribution < -0.4 is 18.9 Å². The molecule has 2 heterocycles. The third-order valence-corrected chi connectivity index (χ3v) is 7.34. The van der Waals surface area contributed by atoms with Crippen LogP contribution in [0.2, 0.25) is 10.0 Å². The number of thioether (sulfide) groups is 1. The van der Waals surface area contributed by atoms with Gasteiger partial charge < -0.3 is 18.9 Å². The van der Waals surface area contributed by atoms with Crippen LogP contribution in [0.15, 0.2) is 53.4 Å². The van der Waals surface area contributed by atoms with Crippen LogP contribution in [0.3, 0.4) is 0 Å².